The highest BCUT2D eigenvalue weighted by molar-refractivity contribution is 5.25. The molecule has 2 aromatic rings. The van der Waals surface area contributed by atoms with Gasteiger partial charge in [-0.3, -0.25) is 4.98 Å². The molecule has 1 atom stereocenters. The number of aromatic nitrogens is 3. The van der Waals surface area contributed by atoms with E-state index in [1.807, 2.05) is 24.4 Å². The number of hydrogen-bond acceptors (Lipinski definition) is 5. The Balaban J connectivity index is 1.45. The molecule has 1 N–H and O–H groups in total. The van der Waals surface area contributed by atoms with E-state index in [0.717, 1.165) is 44.1 Å². The number of hydrogen-bond donors (Lipinski definition) is 1. The summed E-state index contributed by atoms with van der Waals surface area (Å²) in [5.41, 5.74) is 1.16. The van der Waals surface area contributed by atoms with Gasteiger partial charge in [0.1, 0.15) is 0 Å². The Kier molecular flexibility index (Phi) is 4.18. The lowest BCUT2D eigenvalue weighted by atomic mass is 10.2. The minimum absolute atomic E-state index is 0.445. The molecular weight excluding hydrogens is 250 g/mol. The molecule has 1 aliphatic heterocycles. The Morgan fingerprint density at radius 2 is 1.95 bits per heavy atom. The Bertz CT molecular complexity index is 516. The Labute approximate surface area is 119 Å². The first-order valence-electron chi connectivity index (χ1n) is 7.06. The lowest BCUT2D eigenvalue weighted by Gasteiger charge is -2.16. The van der Waals surface area contributed by atoms with Crippen molar-refractivity contribution in [2.45, 2.75) is 18.9 Å². The molecule has 1 aliphatic rings. The van der Waals surface area contributed by atoms with Gasteiger partial charge < -0.3 is 10.2 Å². The Morgan fingerprint density at radius 1 is 1.10 bits per heavy atom. The molecular formula is C15H19N5. The molecule has 5 nitrogen and oxygen atoms in total. The van der Waals surface area contributed by atoms with Crippen molar-refractivity contribution in [2.24, 2.45) is 0 Å². The van der Waals surface area contributed by atoms with Crippen LogP contribution in [0.5, 0.6) is 0 Å². The molecule has 0 saturated carbocycles. The minimum Gasteiger partial charge on any atom is -0.350 e. The molecule has 3 heterocycles. The molecule has 5 heteroatoms. The van der Waals surface area contributed by atoms with Gasteiger partial charge in [0.2, 0.25) is 5.95 Å². The normalized spacial score (nSPS) is 19.1. The van der Waals surface area contributed by atoms with Crippen molar-refractivity contribution in [2.75, 3.05) is 25.0 Å². The fourth-order valence-electron chi connectivity index (χ4n) is 2.53. The maximum absolute atomic E-state index is 4.36. The third-order valence-electron chi connectivity index (χ3n) is 3.58. The van der Waals surface area contributed by atoms with E-state index in [2.05, 4.69) is 31.2 Å². The molecule has 0 radical (unpaired) electrons. The van der Waals surface area contributed by atoms with E-state index < -0.39 is 0 Å². The number of rotatable bonds is 5. The summed E-state index contributed by atoms with van der Waals surface area (Å²) in [6.45, 7) is 3.23. The quantitative estimate of drug-likeness (QED) is 0.893. The average molecular weight is 269 g/mol. The minimum atomic E-state index is 0.445. The summed E-state index contributed by atoms with van der Waals surface area (Å²) in [6.07, 6.45) is 7.54. The summed E-state index contributed by atoms with van der Waals surface area (Å²) >= 11 is 0. The van der Waals surface area contributed by atoms with E-state index in [9.17, 15) is 0 Å². The van der Waals surface area contributed by atoms with Gasteiger partial charge in [-0.05, 0) is 24.6 Å². The fraction of sp³-hybridized carbons (Fsp3) is 0.400. The first kappa shape index (κ1) is 13.0. The molecule has 1 fully saturated rings. The van der Waals surface area contributed by atoms with Crippen LogP contribution >= 0.6 is 0 Å². The molecule has 1 unspecified atom stereocenters. The van der Waals surface area contributed by atoms with E-state index in [1.165, 1.54) is 0 Å². The summed E-state index contributed by atoms with van der Waals surface area (Å²) in [4.78, 5) is 15.3. The van der Waals surface area contributed by atoms with Gasteiger partial charge in [0, 0.05) is 56.4 Å². The highest BCUT2D eigenvalue weighted by Crippen LogP contribution is 2.13. The molecule has 0 aliphatic carbocycles. The molecule has 0 spiro atoms. The van der Waals surface area contributed by atoms with Gasteiger partial charge in [0.15, 0.2) is 0 Å². The largest absolute Gasteiger partial charge is 0.350 e. The van der Waals surface area contributed by atoms with E-state index in [-0.39, 0.29) is 0 Å². The third kappa shape index (κ3) is 3.51. The van der Waals surface area contributed by atoms with Crippen molar-refractivity contribution < 1.29 is 0 Å². The Hall–Kier alpha value is -2.01. The monoisotopic (exact) mass is 269 g/mol. The number of nitrogens with zero attached hydrogens (tertiary/aromatic N) is 4. The van der Waals surface area contributed by atoms with E-state index in [1.54, 1.807) is 12.4 Å². The first-order valence-corrected chi connectivity index (χ1v) is 7.06. The van der Waals surface area contributed by atoms with Crippen molar-refractivity contribution in [1.82, 2.24) is 19.9 Å². The zero-order valence-electron chi connectivity index (χ0n) is 11.4. The summed E-state index contributed by atoms with van der Waals surface area (Å²) in [7, 11) is 0. The van der Waals surface area contributed by atoms with Crippen molar-refractivity contribution in [3.63, 3.8) is 0 Å². The van der Waals surface area contributed by atoms with E-state index in [4.69, 9.17) is 0 Å². The maximum atomic E-state index is 4.36. The topological polar surface area (TPSA) is 53.9 Å². The van der Waals surface area contributed by atoms with Crippen LogP contribution in [0, 0.1) is 0 Å². The van der Waals surface area contributed by atoms with Gasteiger partial charge in [-0.1, -0.05) is 6.07 Å². The van der Waals surface area contributed by atoms with Gasteiger partial charge in [0.05, 0.1) is 0 Å². The number of nitrogens with one attached hydrogen (secondary N) is 1. The van der Waals surface area contributed by atoms with Crippen LogP contribution in [-0.4, -0.2) is 45.5 Å². The fourth-order valence-corrected chi connectivity index (χ4v) is 2.53. The van der Waals surface area contributed by atoms with Gasteiger partial charge in [-0.2, -0.15) is 0 Å². The average Bonchev–Trinajstić information content (AvgIpc) is 2.95. The van der Waals surface area contributed by atoms with Crippen LogP contribution in [-0.2, 0) is 6.42 Å². The number of anilines is 1. The number of likely N-dealkylation sites (tertiary alicyclic amines) is 1. The summed E-state index contributed by atoms with van der Waals surface area (Å²) in [6, 6.07) is 8.37. The predicted molar refractivity (Wildman–Crippen MR) is 78.4 cm³/mol. The predicted octanol–water partition coefficient (Wildman–Crippen LogP) is 1.60. The van der Waals surface area contributed by atoms with Crippen molar-refractivity contribution >= 4 is 5.95 Å². The number of pyridine rings is 1. The van der Waals surface area contributed by atoms with Gasteiger partial charge in [-0.15, -0.1) is 0 Å². The Morgan fingerprint density at radius 3 is 2.75 bits per heavy atom. The van der Waals surface area contributed by atoms with Gasteiger partial charge in [0.25, 0.3) is 0 Å². The second-order valence-electron chi connectivity index (χ2n) is 5.07. The molecule has 3 rings (SSSR count). The van der Waals surface area contributed by atoms with Crippen LogP contribution in [0.2, 0.25) is 0 Å². The smallest absolute Gasteiger partial charge is 0.222 e. The zero-order valence-corrected chi connectivity index (χ0v) is 11.4. The molecule has 0 aromatic carbocycles. The summed E-state index contributed by atoms with van der Waals surface area (Å²) in [5.74, 6) is 0.726. The van der Waals surface area contributed by atoms with Crippen molar-refractivity contribution in [1.29, 1.82) is 0 Å². The molecule has 104 valence electrons. The van der Waals surface area contributed by atoms with Crippen LogP contribution in [0.1, 0.15) is 12.1 Å². The standard InChI is InChI=1S/C15H19N5/c1-2-7-16-13(4-1)5-10-20-11-6-14(12-20)19-15-17-8-3-9-18-15/h1-4,7-9,14H,5-6,10-12H2,(H,17,18,19). The zero-order chi connectivity index (χ0) is 13.6. The molecule has 0 bridgehead atoms. The highest BCUT2D eigenvalue weighted by atomic mass is 15.2. The van der Waals surface area contributed by atoms with E-state index >= 15 is 0 Å². The molecule has 0 amide bonds. The highest BCUT2D eigenvalue weighted by Gasteiger charge is 2.22. The summed E-state index contributed by atoms with van der Waals surface area (Å²) in [5, 5.41) is 3.39. The van der Waals surface area contributed by atoms with Crippen LogP contribution in [0.3, 0.4) is 0 Å². The van der Waals surface area contributed by atoms with Crippen LogP contribution < -0.4 is 5.32 Å². The molecule has 20 heavy (non-hydrogen) atoms. The molecule has 2 aromatic heterocycles. The van der Waals surface area contributed by atoms with Crippen molar-refractivity contribution in [3.05, 3.63) is 48.5 Å². The molecule has 1 saturated heterocycles. The maximum Gasteiger partial charge on any atom is 0.222 e. The van der Waals surface area contributed by atoms with Gasteiger partial charge in [-0.25, -0.2) is 9.97 Å². The second-order valence-corrected chi connectivity index (χ2v) is 5.07. The SMILES string of the molecule is c1ccc(CCN2CCC(Nc3ncccn3)C2)nc1. The van der Waals surface area contributed by atoms with Crippen LogP contribution in [0.15, 0.2) is 42.9 Å². The summed E-state index contributed by atoms with van der Waals surface area (Å²) < 4.78 is 0. The van der Waals surface area contributed by atoms with Crippen LogP contribution in [0.25, 0.3) is 0 Å². The first-order chi connectivity index (χ1) is 9.90. The third-order valence-corrected chi connectivity index (χ3v) is 3.58. The van der Waals surface area contributed by atoms with Gasteiger partial charge >= 0.3 is 0 Å². The van der Waals surface area contributed by atoms with E-state index in [0.29, 0.717) is 6.04 Å². The van der Waals surface area contributed by atoms with Crippen LogP contribution in [0.4, 0.5) is 5.95 Å². The van der Waals surface area contributed by atoms with Crippen molar-refractivity contribution in [3.8, 4) is 0 Å². The lowest BCUT2D eigenvalue weighted by Crippen LogP contribution is -2.28. The second kappa shape index (κ2) is 6.43. The lowest BCUT2D eigenvalue weighted by molar-refractivity contribution is 0.339.